The molecule has 1 rings (SSSR count). The van der Waals surface area contributed by atoms with E-state index in [1.54, 1.807) is 0 Å². The average Bonchev–Trinajstić information content (AvgIpc) is 2.25. The van der Waals surface area contributed by atoms with Crippen LogP contribution in [0.15, 0.2) is 30.3 Å². The van der Waals surface area contributed by atoms with E-state index in [1.807, 2.05) is 30.3 Å². The summed E-state index contributed by atoms with van der Waals surface area (Å²) < 4.78 is 9.34. The average molecular weight is 208 g/mol. The van der Waals surface area contributed by atoms with Gasteiger partial charge in [-0.25, -0.2) is 4.79 Å². The van der Waals surface area contributed by atoms with Crippen molar-refractivity contribution in [3.63, 3.8) is 0 Å². The normalized spacial score (nSPS) is 9.40. The molecule has 0 spiro atoms. The maximum absolute atomic E-state index is 11.0. The first-order valence-electron chi connectivity index (χ1n) is 4.51. The fraction of sp³-hybridized carbons (Fsp3) is 0.273. The Bertz CT molecular complexity index is 332. The van der Waals surface area contributed by atoms with Crippen molar-refractivity contribution in [3.8, 4) is 0 Å². The van der Waals surface area contributed by atoms with E-state index < -0.39 is 11.9 Å². The van der Waals surface area contributed by atoms with Gasteiger partial charge in [-0.2, -0.15) is 0 Å². The molecular weight excluding hydrogens is 196 g/mol. The number of carbonyl (C=O) groups excluding carboxylic acids is 2. The molecule has 80 valence electrons. The molecule has 0 amide bonds. The van der Waals surface area contributed by atoms with Crippen LogP contribution >= 0.6 is 0 Å². The number of ether oxygens (including phenoxy) is 2. The minimum Gasteiger partial charge on any atom is -0.458 e. The lowest BCUT2D eigenvalue weighted by Crippen LogP contribution is -2.14. The van der Waals surface area contributed by atoms with Gasteiger partial charge in [0.15, 0.2) is 6.61 Å². The van der Waals surface area contributed by atoms with E-state index in [0.29, 0.717) is 0 Å². The third kappa shape index (κ3) is 4.81. The van der Waals surface area contributed by atoms with Crippen LogP contribution in [0.2, 0.25) is 0 Å². The molecule has 0 aliphatic carbocycles. The monoisotopic (exact) mass is 208 g/mol. The Balaban J connectivity index is 2.26. The van der Waals surface area contributed by atoms with Crippen LogP contribution in [0.4, 0.5) is 0 Å². The predicted molar refractivity (Wildman–Crippen MR) is 52.9 cm³/mol. The summed E-state index contributed by atoms with van der Waals surface area (Å²) in [6, 6.07) is 9.28. The number of benzene rings is 1. The Morgan fingerprint density at radius 1 is 1.13 bits per heavy atom. The van der Waals surface area contributed by atoms with Crippen LogP contribution in [0.25, 0.3) is 0 Å². The topological polar surface area (TPSA) is 52.6 Å². The van der Waals surface area contributed by atoms with Crippen molar-refractivity contribution in [3.05, 3.63) is 35.9 Å². The van der Waals surface area contributed by atoms with E-state index in [-0.39, 0.29) is 13.2 Å². The molecule has 1 aromatic rings. The fourth-order valence-corrected chi connectivity index (χ4v) is 0.940. The fourth-order valence-electron chi connectivity index (χ4n) is 0.940. The van der Waals surface area contributed by atoms with Crippen molar-refractivity contribution >= 4 is 11.9 Å². The summed E-state index contributed by atoms with van der Waals surface area (Å²) in [5.41, 5.74) is 0.897. The smallest absolute Gasteiger partial charge is 0.344 e. The molecule has 0 aliphatic rings. The second-order valence-corrected chi connectivity index (χ2v) is 2.93. The summed E-state index contributed by atoms with van der Waals surface area (Å²) in [4.78, 5) is 21.4. The maximum atomic E-state index is 11.0. The third-order valence-corrected chi connectivity index (χ3v) is 1.64. The molecule has 0 saturated heterocycles. The lowest BCUT2D eigenvalue weighted by atomic mass is 10.2. The van der Waals surface area contributed by atoms with Gasteiger partial charge in [-0.3, -0.25) is 4.79 Å². The molecule has 0 bridgehead atoms. The van der Waals surface area contributed by atoms with Crippen molar-refractivity contribution in [2.24, 2.45) is 0 Å². The molecule has 0 atom stereocenters. The van der Waals surface area contributed by atoms with Crippen molar-refractivity contribution in [1.82, 2.24) is 0 Å². The molecule has 0 fully saturated rings. The van der Waals surface area contributed by atoms with Gasteiger partial charge in [-0.1, -0.05) is 30.3 Å². The first-order valence-corrected chi connectivity index (χ1v) is 4.51. The Morgan fingerprint density at radius 3 is 2.40 bits per heavy atom. The van der Waals surface area contributed by atoms with E-state index >= 15 is 0 Å². The second-order valence-electron chi connectivity index (χ2n) is 2.93. The van der Waals surface area contributed by atoms with Crippen LogP contribution in [0.3, 0.4) is 0 Å². The lowest BCUT2D eigenvalue weighted by Gasteiger charge is -2.04. The third-order valence-electron chi connectivity index (χ3n) is 1.64. The van der Waals surface area contributed by atoms with Crippen LogP contribution in [-0.2, 0) is 25.7 Å². The Hall–Kier alpha value is -1.84. The molecule has 0 aliphatic heterocycles. The number of hydrogen-bond donors (Lipinski definition) is 0. The number of rotatable bonds is 4. The Kier molecular flexibility index (Phi) is 4.34. The van der Waals surface area contributed by atoms with Crippen molar-refractivity contribution in [2.45, 2.75) is 13.5 Å². The minimum atomic E-state index is -0.547. The van der Waals surface area contributed by atoms with Gasteiger partial charge >= 0.3 is 11.9 Å². The molecule has 4 nitrogen and oxygen atoms in total. The van der Waals surface area contributed by atoms with Crippen LogP contribution in [0, 0.1) is 0 Å². The van der Waals surface area contributed by atoms with E-state index in [4.69, 9.17) is 4.74 Å². The number of hydrogen-bond acceptors (Lipinski definition) is 4. The molecule has 0 unspecified atom stereocenters. The Morgan fingerprint density at radius 2 is 1.80 bits per heavy atom. The van der Waals surface area contributed by atoms with Crippen molar-refractivity contribution in [2.75, 3.05) is 6.61 Å². The highest BCUT2D eigenvalue weighted by Gasteiger charge is 2.04. The van der Waals surface area contributed by atoms with E-state index in [0.717, 1.165) is 5.56 Å². The molecule has 0 aromatic heterocycles. The van der Waals surface area contributed by atoms with Gasteiger partial charge in [0.05, 0.1) is 0 Å². The standard InChI is InChI=1S/C11H12O4/c1-9(12)14-8-11(13)15-7-10-5-3-2-4-6-10/h2-6H,7-8H2,1H3. The number of esters is 2. The van der Waals surface area contributed by atoms with Gasteiger partial charge in [0.1, 0.15) is 6.61 Å². The molecule has 0 N–H and O–H groups in total. The van der Waals surface area contributed by atoms with Gasteiger partial charge in [-0.15, -0.1) is 0 Å². The first kappa shape index (κ1) is 11.2. The van der Waals surface area contributed by atoms with Crippen LogP contribution in [0.1, 0.15) is 12.5 Å². The van der Waals surface area contributed by atoms with Crippen LogP contribution in [-0.4, -0.2) is 18.5 Å². The maximum Gasteiger partial charge on any atom is 0.344 e. The molecule has 15 heavy (non-hydrogen) atoms. The zero-order valence-electron chi connectivity index (χ0n) is 8.43. The molecule has 0 saturated carbocycles. The van der Waals surface area contributed by atoms with Crippen LogP contribution in [0.5, 0.6) is 0 Å². The minimum absolute atomic E-state index is 0.195. The molecule has 4 heteroatoms. The highest BCUT2D eigenvalue weighted by Crippen LogP contribution is 2.00. The zero-order valence-corrected chi connectivity index (χ0v) is 8.43. The van der Waals surface area contributed by atoms with Crippen LogP contribution < -0.4 is 0 Å². The van der Waals surface area contributed by atoms with E-state index in [1.165, 1.54) is 6.92 Å². The predicted octanol–water partition coefficient (Wildman–Crippen LogP) is 1.29. The number of carbonyl (C=O) groups is 2. The van der Waals surface area contributed by atoms with E-state index in [9.17, 15) is 9.59 Å². The summed E-state index contributed by atoms with van der Waals surface area (Å²) in [5.74, 6) is -1.04. The highest BCUT2D eigenvalue weighted by atomic mass is 16.6. The van der Waals surface area contributed by atoms with E-state index in [2.05, 4.69) is 4.74 Å². The quantitative estimate of drug-likeness (QED) is 0.700. The van der Waals surface area contributed by atoms with Gasteiger partial charge in [0, 0.05) is 6.92 Å². The summed E-state index contributed by atoms with van der Waals surface area (Å²) >= 11 is 0. The Labute approximate surface area is 87.8 Å². The largest absolute Gasteiger partial charge is 0.458 e. The van der Waals surface area contributed by atoms with Gasteiger partial charge in [0.2, 0.25) is 0 Å². The lowest BCUT2D eigenvalue weighted by molar-refractivity contribution is -0.158. The van der Waals surface area contributed by atoms with Gasteiger partial charge in [-0.05, 0) is 5.56 Å². The van der Waals surface area contributed by atoms with Crippen molar-refractivity contribution < 1.29 is 19.1 Å². The zero-order chi connectivity index (χ0) is 11.1. The first-order chi connectivity index (χ1) is 7.18. The van der Waals surface area contributed by atoms with Gasteiger partial charge < -0.3 is 9.47 Å². The summed E-state index contributed by atoms with van der Waals surface area (Å²) in [6.07, 6.45) is 0. The molecule has 0 radical (unpaired) electrons. The summed E-state index contributed by atoms with van der Waals surface area (Å²) in [7, 11) is 0. The van der Waals surface area contributed by atoms with Gasteiger partial charge in [0.25, 0.3) is 0 Å². The summed E-state index contributed by atoms with van der Waals surface area (Å²) in [6.45, 7) is 1.10. The second kappa shape index (κ2) is 5.80. The molecule has 0 heterocycles. The highest BCUT2D eigenvalue weighted by molar-refractivity contribution is 5.75. The molecule has 1 aromatic carbocycles. The molecular formula is C11H12O4. The van der Waals surface area contributed by atoms with Crippen molar-refractivity contribution in [1.29, 1.82) is 0 Å². The SMILES string of the molecule is CC(=O)OCC(=O)OCc1ccccc1. The summed E-state index contributed by atoms with van der Waals surface area (Å²) in [5, 5.41) is 0.